The quantitative estimate of drug-likeness (QED) is 0.327. The van der Waals surface area contributed by atoms with Gasteiger partial charge in [-0.25, -0.2) is 5.21 Å². The molecule has 7 nitrogen and oxygen atoms in total. The number of nitrogens with zero attached hydrogens (tertiary/aromatic N) is 4. The lowest BCUT2D eigenvalue weighted by atomic mass is 10.1. The zero-order valence-electron chi connectivity index (χ0n) is 16.5. The normalized spacial score (nSPS) is 18.7. The molecule has 1 atom stereocenters. The number of carbonyl (C=O) groups excluding carboxylic acids is 1. The van der Waals surface area contributed by atoms with E-state index in [1.54, 1.807) is 20.8 Å². The minimum absolute atomic E-state index is 0.0145. The third-order valence-electron chi connectivity index (χ3n) is 4.53. The third kappa shape index (κ3) is 5.25. The Morgan fingerprint density at radius 3 is 2.03 bits per heavy atom. The van der Waals surface area contributed by atoms with Gasteiger partial charge in [-0.15, -0.1) is 5.01 Å². The van der Waals surface area contributed by atoms with E-state index in [2.05, 4.69) is 5.28 Å². The number of benzene rings is 1. The molecular weight excluding hydrogens is 422 g/mol. The van der Waals surface area contributed by atoms with Crippen LogP contribution in [0.4, 0.5) is 32.0 Å². The van der Waals surface area contributed by atoms with Crippen LogP contribution in [0.5, 0.6) is 0 Å². The Morgan fingerprint density at radius 1 is 1.10 bits per heavy atom. The predicted octanol–water partition coefficient (Wildman–Crippen LogP) is 4.26. The highest BCUT2D eigenvalue weighted by Gasteiger charge is 2.41. The fourth-order valence-corrected chi connectivity index (χ4v) is 2.52. The number of anilines is 1. The first-order chi connectivity index (χ1) is 13.5. The van der Waals surface area contributed by atoms with Gasteiger partial charge in [0.25, 0.3) is 16.2 Å². The third-order valence-corrected chi connectivity index (χ3v) is 4.53. The van der Waals surface area contributed by atoms with Crippen molar-refractivity contribution in [3.63, 3.8) is 0 Å². The van der Waals surface area contributed by atoms with E-state index >= 15 is 0 Å². The predicted molar refractivity (Wildman–Crippen MR) is 90.3 cm³/mol. The molecule has 0 radical (unpaired) electrons. The number of rotatable bonds is 4. The first-order valence-corrected chi connectivity index (χ1v) is 8.72. The molecule has 1 saturated heterocycles. The minimum atomic E-state index is -5.03. The summed E-state index contributed by atoms with van der Waals surface area (Å²) in [4.78, 5) is 18.5. The highest BCUT2D eigenvalue weighted by atomic mass is 19.4. The van der Waals surface area contributed by atoms with E-state index < -0.39 is 46.7 Å². The van der Waals surface area contributed by atoms with E-state index in [1.807, 2.05) is 0 Å². The van der Waals surface area contributed by atoms with Gasteiger partial charge >= 0.3 is 12.4 Å². The molecular formula is C17H21F6N4O3+. The van der Waals surface area contributed by atoms with Crippen LogP contribution in [-0.2, 0) is 22.0 Å². The molecule has 1 N–H and O–H groups in total. The summed E-state index contributed by atoms with van der Waals surface area (Å²) in [6, 6.07) is 0.927. The first kappa shape index (κ1) is 23.5. The van der Waals surface area contributed by atoms with Crippen molar-refractivity contribution < 1.29 is 46.2 Å². The smallest absolute Gasteiger partial charge is 0.329 e. The molecule has 0 bridgehead atoms. The zero-order chi connectivity index (χ0) is 23.1. The second-order valence-corrected chi connectivity index (χ2v) is 7.68. The van der Waals surface area contributed by atoms with Gasteiger partial charge in [-0.3, -0.25) is 4.79 Å². The molecule has 1 aromatic rings. The summed E-state index contributed by atoms with van der Waals surface area (Å²) in [5.74, 6) is -0.877. The summed E-state index contributed by atoms with van der Waals surface area (Å²) in [7, 11) is 1.48. The van der Waals surface area contributed by atoms with Gasteiger partial charge in [0.2, 0.25) is 6.10 Å². The monoisotopic (exact) mass is 443 g/mol. The average molecular weight is 443 g/mol. The second kappa shape index (κ2) is 7.84. The van der Waals surface area contributed by atoms with E-state index in [9.17, 15) is 36.3 Å². The van der Waals surface area contributed by atoms with Crippen LogP contribution >= 0.6 is 0 Å². The lowest BCUT2D eigenvalue weighted by Crippen LogP contribution is -2.43. The van der Waals surface area contributed by atoms with E-state index in [-0.39, 0.29) is 19.0 Å². The lowest BCUT2D eigenvalue weighted by molar-refractivity contribution is -0.946. The van der Waals surface area contributed by atoms with Crippen molar-refractivity contribution in [3.8, 4) is 0 Å². The van der Waals surface area contributed by atoms with Crippen LogP contribution in [0.15, 0.2) is 23.5 Å². The highest BCUT2D eigenvalue weighted by molar-refractivity contribution is 5.98. The summed E-state index contributed by atoms with van der Waals surface area (Å²) in [6.07, 6.45) is -11.4. The maximum atomic E-state index is 13.0. The van der Waals surface area contributed by atoms with Crippen molar-refractivity contribution in [2.45, 2.75) is 51.2 Å². The van der Waals surface area contributed by atoms with Gasteiger partial charge in [-0.1, -0.05) is 0 Å². The van der Waals surface area contributed by atoms with Gasteiger partial charge in [-0.05, 0) is 39.0 Å². The molecule has 168 valence electrons. The summed E-state index contributed by atoms with van der Waals surface area (Å²) in [5, 5.41) is 14.5. The van der Waals surface area contributed by atoms with Crippen molar-refractivity contribution >= 4 is 11.6 Å². The van der Waals surface area contributed by atoms with Gasteiger partial charge in [0.1, 0.15) is 0 Å². The maximum Gasteiger partial charge on any atom is 0.416 e. The van der Waals surface area contributed by atoms with Crippen LogP contribution in [0.1, 0.15) is 38.3 Å². The molecule has 1 fully saturated rings. The first-order valence-electron chi connectivity index (χ1n) is 8.72. The van der Waals surface area contributed by atoms with Crippen LogP contribution in [0.25, 0.3) is 0 Å². The summed E-state index contributed by atoms with van der Waals surface area (Å²) >= 11 is 0. The number of amides is 1. The van der Waals surface area contributed by atoms with Crippen LogP contribution in [0.3, 0.4) is 0 Å². The molecule has 2 rings (SSSR count). The van der Waals surface area contributed by atoms with Crippen molar-refractivity contribution in [3.05, 3.63) is 29.3 Å². The zero-order valence-corrected chi connectivity index (χ0v) is 16.5. The molecule has 1 aliphatic rings. The van der Waals surface area contributed by atoms with Crippen molar-refractivity contribution in [2.75, 3.05) is 18.5 Å². The molecule has 0 unspecified atom stereocenters. The molecule has 1 aromatic carbocycles. The van der Waals surface area contributed by atoms with E-state index in [0.717, 1.165) is 4.90 Å². The van der Waals surface area contributed by atoms with E-state index in [0.29, 0.717) is 17.1 Å². The molecule has 0 aliphatic carbocycles. The van der Waals surface area contributed by atoms with Crippen LogP contribution in [-0.4, -0.2) is 46.3 Å². The summed E-state index contributed by atoms with van der Waals surface area (Å²) in [5.41, 5.74) is -4.16. The van der Waals surface area contributed by atoms with Crippen molar-refractivity contribution in [1.29, 1.82) is 0 Å². The lowest BCUT2D eigenvalue weighted by Gasteiger charge is -2.22. The number of hydrogen-bond donors (Lipinski definition) is 1. The van der Waals surface area contributed by atoms with Gasteiger partial charge < -0.3 is 9.74 Å². The summed E-state index contributed by atoms with van der Waals surface area (Å²) in [6.45, 7) is 5.07. The van der Waals surface area contributed by atoms with Crippen LogP contribution in [0, 0.1) is 0 Å². The fraction of sp³-hybridized carbons (Fsp3) is 0.588. The number of hydrazine groups is 1. The molecule has 1 heterocycles. The molecule has 0 aromatic heterocycles. The fourth-order valence-electron chi connectivity index (χ4n) is 2.52. The molecule has 1 aliphatic heterocycles. The Morgan fingerprint density at radius 2 is 1.60 bits per heavy atom. The highest BCUT2D eigenvalue weighted by Crippen LogP contribution is 2.39. The number of alkyl halides is 6. The Labute approximate surface area is 168 Å². The Balaban J connectivity index is 2.27. The molecule has 0 saturated carbocycles. The van der Waals surface area contributed by atoms with Crippen LogP contribution < -0.4 is 4.90 Å². The van der Waals surface area contributed by atoms with Gasteiger partial charge in [0.05, 0.1) is 23.7 Å². The number of hydrogen-bond acceptors (Lipinski definition) is 3. The molecule has 30 heavy (non-hydrogen) atoms. The van der Waals surface area contributed by atoms with Gasteiger partial charge in [0.15, 0.2) is 0 Å². The number of carbonyl (C=O) groups is 1. The minimum Gasteiger partial charge on any atom is -0.329 e. The summed E-state index contributed by atoms with van der Waals surface area (Å²) < 4.78 is 78.2. The number of halogens is 6. The Bertz CT molecular complexity index is 800. The SMILES string of the molecule is CN(/[N+](O)=N/O[C@@H]1CCN(c2cc(C(F)(F)F)cc(C(F)(F)F)c2)C1=O)C(C)(C)C. The molecule has 0 spiro atoms. The average Bonchev–Trinajstić information content (AvgIpc) is 2.97. The second-order valence-electron chi connectivity index (χ2n) is 7.68. The Hall–Kier alpha value is -2.73. The molecule has 13 heteroatoms. The van der Waals surface area contributed by atoms with Gasteiger partial charge in [-0.2, -0.15) is 26.3 Å². The van der Waals surface area contributed by atoms with E-state index in [4.69, 9.17) is 4.84 Å². The van der Waals surface area contributed by atoms with E-state index in [1.165, 1.54) is 12.1 Å². The Kier molecular flexibility index (Phi) is 6.15. The standard InChI is InChI=1S/C17H21F6N4O3/c1-15(2,3)25(4)27(29)24-30-13-5-6-26(14(13)28)12-8-10(16(18,19)20)7-11(9-12)17(21,22)23/h7-9,13H,5-6H2,1-4H3,(H,24,29)/q+1/t13-/m1/s1. The van der Waals surface area contributed by atoms with Crippen molar-refractivity contribution in [1.82, 2.24) is 5.01 Å². The van der Waals surface area contributed by atoms with Gasteiger partial charge in [0, 0.05) is 18.7 Å². The maximum absolute atomic E-state index is 13.0. The largest absolute Gasteiger partial charge is 0.416 e. The van der Waals surface area contributed by atoms with Crippen molar-refractivity contribution in [2.24, 2.45) is 5.28 Å². The topological polar surface area (TPSA) is 68.4 Å². The van der Waals surface area contributed by atoms with Crippen LogP contribution in [0.2, 0.25) is 0 Å². The molecule has 1 amide bonds.